The molecule has 1 amide bonds. The molecular formula is C19H28FN3O3S. The van der Waals surface area contributed by atoms with Crippen molar-refractivity contribution in [2.24, 2.45) is 5.92 Å². The van der Waals surface area contributed by atoms with E-state index in [1.165, 1.54) is 10.4 Å². The van der Waals surface area contributed by atoms with Gasteiger partial charge in [0.1, 0.15) is 5.82 Å². The number of nitrogens with zero attached hydrogens (tertiary/aromatic N) is 3. The fraction of sp³-hybridized carbons (Fsp3) is 0.632. The number of amides is 1. The highest BCUT2D eigenvalue weighted by atomic mass is 32.2. The van der Waals surface area contributed by atoms with Crippen molar-refractivity contribution < 1.29 is 17.6 Å². The average molecular weight is 398 g/mol. The van der Waals surface area contributed by atoms with E-state index in [-0.39, 0.29) is 24.0 Å². The third-order valence-electron chi connectivity index (χ3n) is 5.61. The van der Waals surface area contributed by atoms with Gasteiger partial charge in [0.25, 0.3) is 0 Å². The van der Waals surface area contributed by atoms with Crippen LogP contribution in [0, 0.1) is 11.7 Å². The van der Waals surface area contributed by atoms with Gasteiger partial charge in [-0.1, -0.05) is 13.0 Å². The average Bonchev–Trinajstić information content (AvgIpc) is 2.76. The van der Waals surface area contributed by atoms with Crippen LogP contribution < -0.4 is 4.90 Å². The first-order valence-corrected chi connectivity index (χ1v) is 11.1. The summed E-state index contributed by atoms with van der Waals surface area (Å²) in [7, 11) is -3.33. The Kier molecular flexibility index (Phi) is 6.05. The van der Waals surface area contributed by atoms with Crippen molar-refractivity contribution in [1.29, 1.82) is 0 Å². The number of hydrogen-bond donors (Lipinski definition) is 0. The summed E-state index contributed by atoms with van der Waals surface area (Å²) in [6, 6.07) is 5.01. The van der Waals surface area contributed by atoms with Gasteiger partial charge < -0.3 is 9.80 Å². The highest BCUT2D eigenvalue weighted by molar-refractivity contribution is 7.89. The second-order valence-electron chi connectivity index (χ2n) is 7.60. The molecule has 2 fully saturated rings. The predicted octanol–water partition coefficient (Wildman–Crippen LogP) is 2.06. The van der Waals surface area contributed by atoms with E-state index in [0.717, 1.165) is 12.1 Å². The van der Waals surface area contributed by atoms with Crippen molar-refractivity contribution in [3.63, 3.8) is 0 Å². The molecule has 2 saturated heterocycles. The molecule has 8 heteroatoms. The van der Waals surface area contributed by atoms with Gasteiger partial charge in [-0.05, 0) is 30.9 Å². The van der Waals surface area contributed by atoms with E-state index in [1.807, 2.05) is 6.07 Å². The lowest BCUT2D eigenvalue weighted by Crippen LogP contribution is -2.48. The van der Waals surface area contributed by atoms with Crippen molar-refractivity contribution in [1.82, 2.24) is 9.21 Å². The Balaban J connectivity index is 1.69. The maximum absolute atomic E-state index is 14.7. The van der Waals surface area contributed by atoms with Crippen molar-refractivity contribution in [3.05, 3.63) is 29.6 Å². The van der Waals surface area contributed by atoms with Crippen LogP contribution >= 0.6 is 0 Å². The van der Waals surface area contributed by atoms with Gasteiger partial charge >= 0.3 is 0 Å². The summed E-state index contributed by atoms with van der Waals surface area (Å²) in [5, 5.41) is 0. The third kappa shape index (κ3) is 4.79. The summed E-state index contributed by atoms with van der Waals surface area (Å²) in [4.78, 5) is 15.3. The molecule has 1 aromatic carbocycles. The van der Waals surface area contributed by atoms with Crippen LogP contribution in [-0.4, -0.2) is 62.0 Å². The lowest BCUT2D eigenvalue weighted by Gasteiger charge is -2.35. The summed E-state index contributed by atoms with van der Waals surface area (Å²) in [5.41, 5.74) is 1.17. The first-order valence-electron chi connectivity index (χ1n) is 9.53. The predicted molar refractivity (Wildman–Crippen MR) is 103 cm³/mol. The van der Waals surface area contributed by atoms with Crippen molar-refractivity contribution in [2.75, 3.05) is 43.4 Å². The third-order valence-corrected chi connectivity index (χ3v) is 7.46. The SMILES string of the molecule is CC(=O)N1CCN(c2ccc(CN3CCC(C)CCS3(=O)=O)c(F)c2)CC1. The molecule has 1 atom stereocenters. The van der Waals surface area contributed by atoms with Gasteiger partial charge in [-0.3, -0.25) is 4.79 Å². The molecule has 6 nitrogen and oxygen atoms in total. The Morgan fingerprint density at radius 2 is 1.85 bits per heavy atom. The fourth-order valence-corrected chi connectivity index (χ4v) is 5.31. The van der Waals surface area contributed by atoms with E-state index in [1.54, 1.807) is 17.9 Å². The van der Waals surface area contributed by atoms with E-state index < -0.39 is 10.0 Å². The molecule has 2 aliphatic heterocycles. The first kappa shape index (κ1) is 20.1. The number of benzene rings is 1. The lowest BCUT2D eigenvalue weighted by molar-refractivity contribution is -0.129. The van der Waals surface area contributed by atoms with Gasteiger partial charge in [-0.2, -0.15) is 4.31 Å². The molecule has 0 bridgehead atoms. The molecule has 3 rings (SSSR count). The molecule has 0 spiro atoms. The molecular weight excluding hydrogens is 369 g/mol. The van der Waals surface area contributed by atoms with Crippen LogP contribution in [0.3, 0.4) is 0 Å². The second kappa shape index (κ2) is 8.14. The number of hydrogen-bond acceptors (Lipinski definition) is 4. The first-order chi connectivity index (χ1) is 12.8. The minimum atomic E-state index is -3.33. The molecule has 27 heavy (non-hydrogen) atoms. The van der Waals surface area contributed by atoms with Crippen LogP contribution in [0.2, 0.25) is 0 Å². The smallest absolute Gasteiger partial charge is 0.219 e. The molecule has 2 aliphatic rings. The Bertz CT molecular complexity index is 791. The summed E-state index contributed by atoms with van der Waals surface area (Å²) in [6.07, 6.45) is 1.46. The van der Waals surface area contributed by atoms with Crippen molar-refractivity contribution >= 4 is 21.6 Å². The van der Waals surface area contributed by atoms with Crippen LogP contribution in [0.15, 0.2) is 18.2 Å². The van der Waals surface area contributed by atoms with Gasteiger partial charge in [0, 0.05) is 57.4 Å². The zero-order chi connectivity index (χ0) is 19.6. The summed E-state index contributed by atoms with van der Waals surface area (Å²) in [6.45, 7) is 6.72. The Morgan fingerprint density at radius 3 is 2.48 bits per heavy atom. The molecule has 0 aromatic heterocycles. The molecule has 150 valence electrons. The number of sulfonamides is 1. The minimum absolute atomic E-state index is 0.0594. The van der Waals surface area contributed by atoms with Crippen LogP contribution in [0.25, 0.3) is 0 Å². The lowest BCUT2D eigenvalue weighted by atomic mass is 10.1. The van der Waals surface area contributed by atoms with Gasteiger partial charge in [0.15, 0.2) is 0 Å². The highest BCUT2D eigenvalue weighted by Crippen LogP contribution is 2.25. The number of rotatable bonds is 3. The van der Waals surface area contributed by atoms with Gasteiger partial charge in [0.2, 0.25) is 15.9 Å². The monoisotopic (exact) mass is 397 g/mol. The van der Waals surface area contributed by atoms with E-state index >= 15 is 0 Å². The minimum Gasteiger partial charge on any atom is -0.368 e. The van der Waals surface area contributed by atoms with E-state index in [9.17, 15) is 17.6 Å². The van der Waals surface area contributed by atoms with Crippen molar-refractivity contribution in [2.45, 2.75) is 33.2 Å². The largest absolute Gasteiger partial charge is 0.368 e. The normalized spacial score (nSPS) is 23.9. The Hall–Kier alpha value is -1.67. The maximum Gasteiger partial charge on any atom is 0.219 e. The zero-order valence-corrected chi connectivity index (χ0v) is 16.8. The Morgan fingerprint density at radius 1 is 1.15 bits per heavy atom. The standard InChI is InChI=1S/C19H28FN3O3S/c1-15-5-7-23(27(25,26)12-6-15)14-17-3-4-18(13-19(17)20)22-10-8-21(9-11-22)16(2)24/h3-4,13,15H,5-12,14H2,1-2H3. The van der Waals surface area contributed by atoms with E-state index in [0.29, 0.717) is 50.6 Å². The molecule has 2 heterocycles. The van der Waals surface area contributed by atoms with Crippen molar-refractivity contribution in [3.8, 4) is 0 Å². The number of piperazine rings is 1. The van der Waals surface area contributed by atoms with Crippen LogP contribution in [0.5, 0.6) is 0 Å². The molecule has 1 aromatic rings. The second-order valence-corrected chi connectivity index (χ2v) is 9.69. The van der Waals surface area contributed by atoms with Gasteiger partial charge in [0.05, 0.1) is 5.75 Å². The molecule has 1 unspecified atom stereocenters. The number of halogens is 1. The molecule has 0 N–H and O–H groups in total. The van der Waals surface area contributed by atoms with E-state index in [4.69, 9.17) is 0 Å². The fourth-order valence-electron chi connectivity index (χ4n) is 3.64. The van der Waals surface area contributed by atoms with Crippen LogP contribution in [0.4, 0.5) is 10.1 Å². The summed E-state index contributed by atoms with van der Waals surface area (Å²) < 4.78 is 41.0. The molecule has 0 saturated carbocycles. The summed E-state index contributed by atoms with van der Waals surface area (Å²) in [5.74, 6) is 0.178. The summed E-state index contributed by atoms with van der Waals surface area (Å²) >= 11 is 0. The topological polar surface area (TPSA) is 60.9 Å². The highest BCUT2D eigenvalue weighted by Gasteiger charge is 2.28. The van der Waals surface area contributed by atoms with Crippen LogP contribution in [-0.2, 0) is 21.4 Å². The Labute approximate surface area is 161 Å². The van der Waals surface area contributed by atoms with E-state index in [2.05, 4.69) is 11.8 Å². The number of anilines is 1. The molecule has 0 aliphatic carbocycles. The zero-order valence-electron chi connectivity index (χ0n) is 16.0. The maximum atomic E-state index is 14.7. The number of carbonyl (C=O) groups excluding carboxylic acids is 1. The van der Waals surface area contributed by atoms with Gasteiger partial charge in [-0.25, -0.2) is 12.8 Å². The number of carbonyl (C=O) groups is 1. The van der Waals surface area contributed by atoms with Crippen LogP contribution in [0.1, 0.15) is 32.3 Å². The molecule has 0 radical (unpaired) electrons. The quantitative estimate of drug-likeness (QED) is 0.783. The van der Waals surface area contributed by atoms with Gasteiger partial charge in [-0.15, -0.1) is 0 Å².